The molecule has 60 valence electrons. The fraction of sp³-hybridized carbons (Fsp3) is 0.333. The van der Waals surface area contributed by atoms with Crippen molar-refractivity contribution < 1.29 is 5.11 Å². The summed E-state index contributed by atoms with van der Waals surface area (Å²) in [6.45, 7) is 1.98. The molecule has 1 nitrogen and oxygen atoms in total. The average molecular weight is 262 g/mol. The summed E-state index contributed by atoms with van der Waals surface area (Å²) in [5.41, 5.74) is 1.04. The maximum absolute atomic E-state index is 9.51. The summed E-state index contributed by atoms with van der Waals surface area (Å²) < 4.78 is 1.14. The van der Waals surface area contributed by atoms with Crippen molar-refractivity contribution in [3.05, 3.63) is 33.4 Å². The van der Waals surface area contributed by atoms with Crippen molar-refractivity contribution in [2.24, 2.45) is 0 Å². The van der Waals surface area contributed by atoms with Gasteiger partial charge in [0.2, 0.25) is 0 Å². The van der Waals surface area contributed by atoms with E-state index in [1.54, 1.807) is 0 Å². The van der Waals surface area contributed by atoms with Crippen molar-refractivity contribution in [2.75, 3.05) is 0 Å². The van der Waals surface area contributed by atoms with Crippen molar-refractivity contribution in [2.45, 2.75) is 19.4 Å². The molecule has 0 unspecified atom stereocenters. The summed E-state index contributed by atoms with van der Waals surface area (Å²) in [5, 5.41) is 9.51. The lowest BCUT2D eigenvalue weighted by Gasteiger charge is -2.09. The third kappa shape index (κ3) is 2.17. The Hall–Kier alpha value is -0.0900. The lowest BCUT2D eigenvalue weighted by molar-refractivity contribution is 0.173. The van der Waals surface area contributed by atoms with E-state index in [1.165, 1.54) is 0 Å². The molecule has 1 aromatic carbocycles. The summed E-state index contributed by atoms with van der Waals surface area (Å²) in [7, 11) is 0. The van der Waals surface area contributed by atoms with Gasteiger partial charge in [-0.2, -0.15) is 0 Å². The van der Waals surface area contributed by atoms with Gasteiger partial charge in [0.1, 0.15) is 0 Å². The minimum Gasteiger partial charge on any atom is -0.388 e. The molecule has 1 atom stereocenters. The first-order chi connectivity index (χ1) is 5.25. The van der Waals surface area contributed by atoms with Gasteiger partial charge in [-0.1, -0.05) is 25.1 Å². The molecule has 0 amide bonds. The van der Waals surface area contributed by atoms with E-state index in [2.05, 4.69) is 22.6 Å². The zero-order valence-corrected chi connectivity index (χ0v) is 8.58. The molecular formula is C9H11IO. The third-order valence-electron chi connectivity index (χ3n) is 1.65. The second-order valence-corrected chi connectivity index (χ2v) is 3.61. The normalized spacial score (nSPS) is 13.0. The molecular weight excluding hydrogens is 251 g/mol. The topological polar surface area (TPSA) is 20.2 Å². The Morgan fingerprint density at radius 2 is 2.09 bits per heavy atom. The molecule has 0 fully saturated rings. The van der Waals surface area contributed by atoms with Crippen molar-refractivity contribution in [1.82, 2.24) is 0 Å². The van der Waals surface area contributed by atoms with Crippen LogP contribution in [-0.4, -0.2) is 5.11 Å². The van der Waals surface area contributed by atoms with E-state index in [1.807, 2.05) is 31.2 Å². The van der Waals surface area contributed by atoms with Crippen LogP contribution < -0.4 is 0 Å². The Kier molecular flexibility index (Phi) is 3.33. The molecule has 0 aliphatic carbocycles. The molecule has 11 heavy (non-hydrogen) atoms. The van der Waals surface area contributed by atoms with Crippen LogP contribution in [0.1, 0.15) is 25.0 Å². The fourth-order valence-electron chi connectivity index (χ4n) is 0.965. The van der Waals surface area contributed by atoms with Gasteiger partial charge in [0.05, 0.1) is 6.10 Å². The molecule has 0 spiro atoms. The van der Waals surface area contributed by atoms with Crippen LogP contribution in [0.4, 0.5) is 0 Å². The molecule has 0 saturated carbocycles. The molecule has 0 bridgehead atoms. The van der Waals surface area contributed by atoms with E-state index in [0.29, 0.717) is 0 Å². The molecule has 0 aliphatic heterocycles. The van der Waals surface area contributed by atoms with Gasteiger partial charge >= 0.3 is 0 Å². The highest BCUT2D eigenvalue weighted by Gasteiger charge is 2.06. The van der Waals surface area contributed by atoms with Crippen molar-refractivity contribution in [3.63, 3.8) is 0 Å². The SMILES string of the molecule is CC[C@H](O)c1ccccc1I. The molecule has 1 aromatic rings. The quantitative estimate of drug-likeness (QED) is 0.812. The van der Waals surface area contributed by atoms with Crippen LogP contribution >= 0.6 is 22.6 Å². The molecule has 2 heteroatoms. The molecule has 1 N–H and O–H groups in total. The first-order valence-corrected chi connectivity index (χ1v) is 4.76. The van der Waals surface area contributed by atoms with E-state index in [-0.39, 0.29) is 6.10 Å². The van der Waals surface area contributed by atoms with Gasteiger partial charge in [-0.25, -0.2) is 0 Å². The van der Waals surface area contributed by atoms with Gasteiger partial charge in [0, 0.05) is 3.57 Å². The van der Waals surface area contributed by atoms with Gasteiger partial charge in [0.15, 0.2) is 0 Å². The maximum Gasteiger partial charge on any atom is 0.0797 e. The highest BCUT2D eigenvalue weighted by atomic mass is 127. The second-order valence-electron chi connectivity index (χ2n) is 2.45. The number of rotatable bonds is 2. The highest BCUT2D eigenvalue weighted by Crippen LogP contribution is 2.21. The lowest BCUT2D eigenvalue weighted by Crippen LogP contribution is -1.97. The molecule has 0 aliphatic rings. The standard InChI is InChI=1S/C9H11IO/c1-2-9(11)7-5-3-4-6-8(7)10/h3-6,9,11H,2H2,1H3/t9-/m0/s1. The number of aliphatic hydroxyl groups is 1. The zero-order valence-electron chi connectivity index (χ0n) is 6.42. The lowest BCUT2D eigenvalue weighted by atomic mass is 10.1. The minimum absolute atomic E-state index is 0.303. The predicted molar refractivity (Wildman–Crippen MR) is 54.4 cm³/mol. The second kappa shape index (κ2) is 4.07. The monoisotopic (exact) mass is 262 g/mol. The summed E-state index contributed by atoms with van der Waals surface area (Å²) in [5.74, 6) is 0. The van der Waals surface area contributed by atoms with Crippen LogP contribution in [0.15, 0.2) is 24.3 Å². The van der Waals surface area contributed by atoms with Crippen molar-refractivity contribution in [1.29, 1.82) is 0 Å². The Balaban J connectivity index is 2.93. The van der Waals surface area contributed by atoms with Crippen molar-refractivity contribution in [3.8, 4) is 0 Å². The highest BCUT2D eigenvalue weighted by molar-refractivity contribution is 14.1. The number of hydrogen-bond donors (Lipinski definition) is 1. The number of benzene rings is 1. The van der Waals surface area contributed by atoms with E-state index in [0.717, 1.165) is 15.6 Å². The van der Waals surface area contributed by atoms with Gasteiger partial charge in [-0.05, 0) is 40.6 Å². The van der Waals surface area contributed by atoms with Crippen LogP contribution in [0.3, 0.4) is 0 Å². The predicted octanol–water partition coefficient (Wildman–Crippen LogP) is 2.73. The van der Waals surface area contributed by atoms with Gasteiger partial charge in [0.25, 0.3) is 0 Å². The Morgan fingerprint density at radius 1 is 1.45 bits per heavy atom. The summed E-state index contributed by atoms with van der Waals surface area (Å²) in [6.07, 6.45) is 0.475. The number of aliphatic hydroxyl groups excluding tert-OH is 1. The first-order valence-electron chi connectivity index (χ1n) is 3.68. The third-order valence-corrected chi connectivity index (χ3v) is 2.63. The Morgan fingerprint density at radius 3 is 2.64 bits per heavy atom. The molecule has 0 saturated heterocycles. The van der Waals surface area contributed by atoms with Gasteiger partial charge in [-0.3, -0.25) is 0 Å². The molecule has 0 heterocycles. The smallest absolute Gasteiger partial charge is 0.0797 e. The average Bonchev–Trinajstić information content (AvgIpc) is 2.04. The molecule has 0 aromatic heterocycles. The summed E-state index contributed by atoms with van der Waals surface area (Å²) in [4.78, 5) is 0. The van der Waals surface area contributed by atoms with Crippen LogP contribution in [0.5, 0.6) is 0 Å². The molecule has 0 radical (unpaired) electrons. The van der Waals surface area contributed by atoms with Gasteiger partial charge < -0.3 is 5.11 Å². The van der Waals surface area contributed by atoms with Crippen LogP contribution in [0.25, 0.3) is 0 Å². The summed E-state index contributed by atoms with van der Waals surface area (Å²) in [6, 6.07) is 7.91. The van der Waals surface area contributed by atoms with Crippen molar-refractivity contribution >= 4 is 22.6 Å². The zero-order chi connectivity index (χ0) is 8.27. The van der Waals surface area contributed by atoms with E-state index in [9.17, 15) is 5.11 Å². The van der Waals surface area contributed by atoms with Crippen LogP contribution in [0.2, 0.25) is 0 Å². The Labute approximate surface area is 80.6 Å². The van der Waals surface area contributed by atoms with E-state index in [4.69, 9.17) is 0 Å². The molecule has 1 rings (SSSR count). The number of halogens is 1. The first kappa shape index (κ1) is 9.00. The van der Waals surface area contributed by atoms with Crippen LogP contribution in [-0.2, 0) is 0 Å². The largest absolute Gasteiger partial charge is 0.388 e. The van der Waals surface area contributed by atoms with Gasteiger partial charge in [-0.15, -0.1) is 0 Å². The van der Waals surface area contributed by atoms with E-state index < -0.39 is 0 Å². The number of hydrogen-bond acceptors (Lipinski definition) is 1. The summed E-state index contributed by atoms with van der Waals surface area (Å²) >= 11 is 2.24. The van der Waals surface area contributed by atoms with E-state index >= 15 is 0 Å². The maximum atomic E-state index is 9.51. The Bertz CT molecular complexity index is 235. The minimum atomic E-state index is -0.303. The fourth-order valence-corrected chi connectivity index (χ4v) is 1.71. The van der Waals surface area contributed by atoms with Crippen LogP contribution in [0, 0.1) is 3.57 Å².